The van der Waals surface area contributed by atoms with Crippen LogP contribution in [0.15, 0.2) is 54.6 Å². The average molecular weight is 290 g/mol. The summed E-state index contributed by atoms with van der Waals surface area (Å²) < 4.78 is 0. The molecule has 2 aromatic carbocycles. The Morgan fingerprint density at radius 3 is 2.50 bits per heavy atom. The molecule has 0 amide bonds. The van der Waals surface area contributed by atoms with Crippen LogP contribution in [0.4, 0.5) is 0 Å². The van der Waals surface area contributed by atoms with E-state index in [1.807, 2.05) is 37.3 Å². The van der Waals surface area contributed by atoms with Crippen molar-refractivity contribution in [3.63, 3.8) is 0 Å². The van der Waals surface area contributed by atoms with Gasteiger partial charge in [-0.3, -0.25) is 9.59 Å². The highest BCUT2D eigenvalue weighted by Crippen LogP contribution is 2.06. The molecule has 0 atom stereocenters. The lowest BCUT2D eigenvalue weighted by molar-refractivity contribution is -0.118. The Bertz CT molecular complexity index is 718. The van der Waals surface area contributed by atoms with Crippen molar-refractivity contribution in [3.8, 4) is 11.8 Å². The molecule has 0 unspecified atom stereocenters. The first kappa shape index (κ1) is 15.7. The Hall–Kier alpha value is -2.66. The topological polar surface area (TPSA) is 34.1 Å². The van der Waals surface area contributed by atoms with Gasteiger partial charge in [-0.25, -0.2) is 0 Å². The van der Waals surface area contributed by atoms with Gasteiger partial charge in [0.05, 0.1) is 6.42 Å². The van der Waals surface area contributed by atoms with E-state index in [1.165, 1.54) is 0 Å². The van der Waals surface area contributed by atoms with E-state index in [0.717, 1.165) is 11.1 Å². The van der Waals surface area contributed by atoms with E-state index >= 15 is 0 Å². The second-order valence-electron chi connectivity index (χ2n) is 5.18. The van der Waals surface area contributed by atoms with E-state index in [0.29, 0.717) is 18.4 Å². The minimum atomic E-state index is -0.128. The first-order valence-corrected chi connectivity index (χ1v) is 7.30. The number of aryl methyl sites for hydroxylation is 1. The van der Waals surface area contributed by atoms with Crippen molar-refractivity contribution in [3.05, 3.63) is 71.3 Å². The Morgan fingerprint density at radius 1 is 1.00 bits per heavy atom. The summed E-state index contributed by atoms with van der Waals surface area (Å²) in [6, 6.07) is 16.8. The van der Waals surface area contributed by atoms with Crippen LogP contribution in [-0.4, -0.2) is 11.6 Å². The first-order valence-electron chi connectivity index (χ1n) is 7.30. The molecule has 0 aliphatic heterocycles. The molecule has 0 radical (unpaired) electrons. The highest BCUT2D eigenvalue weighted by Gasteiger charge is 2.10. The summed E-state index contributed by atoms with van der Waals surface area (Å²) in [6.45, 7) is 2.02. The molecule has 2 rings (SSSR count). The molecule has 0 aliphatic carbocycles. The lowest BCUT2D eigenvalue weighted by Crippen LogP contribution is -2.07. The zero-order chi connectivity index (χ0) is 15.8. The number of carbonyl (C=O) groups is 2. The summed E-state index contributed by atoms with van der Waals surface area (Å²) in [6.07, 6.45) is 0.752. The van der Waals surface area contributed by atoms with E-state index in [-0.39, 0.29) is 18.0 Å². The van der Waals surface area contributed by atoms with Gasteiger partial charge >= 0.3 is 0 Å². The lowest BCUT2D eigenvalue weighted by Gasteiger charge is -1.99. The van der Waals surface area contributed by atoms with Crippen LogP contribution in [0.3, 0.4) is 0 Å². The highest BCUT2D eigenvalue weighted by molar-refractivity contribution is 6.07. The molecular formula is C20H18O2. The quantitative estimate of drug-likeness (QED) is 0.474. The SMILES string of the molecule is Cc1cccc(C#CCCC(=O)CC(=O)c2ccccc2)c1. The van der Waals surface area contributed by atoms with Gasteiger partial charge in [-0.05, 0) is 24.6 Å². The van der Waals surface area contributed by atoms with Crippen LogP contribution in [0.5, 0.6) is 0 Å². The number of rotatable bonds is 5. The molecule has 0 heterocycles. The molecule has 2 aromatic rings. The zero-order valence-corrected chi connectivity index (χ0v) is 12.6. The van der Waals surface area contributed by atoms with E-state index in [4.69, 9.17) is 0 Å². The Balaban J connectivity index is 1.80. The average Bonchev–Trinajstić information content (AvgIpc) is 2.52. The van der Waals surface area contributed by atoms with E-state index in [9.17, 15) is 9.59 Å². The van der Waals surface area contributed by atoms with E-state index in [1.54, 1.807) is 24.3 Å². The van der Waals surface area contributed by atoms with Crippen LogP contribution < -0.4 is 0 Å². The minimum Gasteiger partial charge on any atom is -0.299 e. The monoisotopic (exact) mass is 290 g/mol. The molecule has 0 aromatic heterocycles. The van der Waals surface area contributed by atoms with Crippen LogP contribution in [0, 0.1) is 18.8 Å². The molecule has 22 heavy (non-hydrogen) atoms. The second-order valence-corrected chi connectivity index (χ2v) is 5.18. The van der Waals surface area contributed by atoms with E-state index < -0.39 is 0 Å². The van der Waals surface area contributed by atoms with Crippen molar-refractivity contribution in [1.29, 1.82) is 0 Å². The summed E-state index contributed by atoms with van der Waals surface area (Å²) in [5, 5.41) is 0. The third-order valence-electron chi connectivity index (χ3n) is 3.23. The van der Waals surface area contributed by atoms with Crippen molar-refractivity contribution in [1.82, 2.24) is 0 Å². The van der Waals surface area contributed by atoms with Crippen molar-refractivity contribution >= 4 is 11.6 Å². The highest BCUT2D eigenvalue weighted by atomic mass is 16.1. The third-order valence-corrected chi connectivity index (χ3v) is 3.23. The van der Waals surface area contributed by atoms with Gasteiger partial charge in [0.15, 0.2) is 5.78 Å². The Labute approximate surface area is 131 Å². The summed E-state index contributed by atoms with van der Waals surface area (Å²) in [5.74, 6) is 5.84. The van der Waals surface area contributed by atoms with Gasteiger partial charge in [0.25, 0.3) is 0 Å². The number of ketones is 2. The molecular weight excluding hydrogens is 272 g/mol. The fourth-order valence-electron chi connectivity index (χ4n) is 2.08. The third kappa shape index (κ3) is 5.03. The van der Waals surface area contributed by atoms with Crippen LogP contribution in [0.1, 0.15) is 40.7 Å². The van der Waals surface area contributed by atoms with Crippen LogP contribution >= 0.6 is 0 Å². The molecule has 0 bridgehead atoms. The zero-order valence-electron chi connectivity index (χ0n) is 12.6. The fraction of sp³-hybridized carbons (Fsp3) is 0.200. The molecule has 0 saturated carbocycles. The normalized spacial score (nSPS) is 9.68. The summed E-state index contributed by atoms with van der Waals surface area (Å²) in [5.41, 5.74) is 2.70. The molecule has 2 nitrogen and oxygen atoms in total. The first-order chi connectivity index (χ1) is 10.6. The minimum absolute atomic E-state index is 0.0455. The Kier molecular flexibility index (Phi) is 5.68. The van der Waals surface area contributed by atoms with Gasteiger partial charge < -0.3 is 0 Å². The maximum Gasteiger partial charge on any atom is 0.170 e. The van der Waals surface area contributed by atoms with Crippen molar-refractivity contribution in [2.45, 2.75) is 26.2 Å². The smallest absolute Gasteiger partial charge is 0.170 e. The number of hydrogen-bond acceptors (Lipinski definition) is 2. The standard InChI is InChI=1S/C20H18O2/c1-16-8-7-10-17(14-16)9-5-6-13-19(21)15-20(22)18-11-3-2-4-12-18/h2-4,7-8,10-12,14H,6,13,15H2,1H3. The second kappa shape index (κ2) is 7.95. The van der Waals surface area contributed by atoms with Crippen LogP contribution in [0.25, 0.3) is 0 Å². The largest absolute Gasteiger partial charge is 0.299 e. The predicted octanol–water partition coefficient (Wildman–Crippen LogP) is 3.97. The van der Waals surface area contributed by atoms with Gasteiger partial charge in [0, 0.05) is 24.0 Å². The van der Waals surface area contributed by atoms with Gasteiger partial charge in [-0.2, -0.15) is 0 Å². The maximum atomic E-state index is 11.9. The van der Waals surface area contributed by atoms with Gasteiger partial charge in [-0.1, -0.05) is 54.3 Å². The molecule has 0 aliphatic rings. The van der Waals surface area contributed by atoms with Gasteiger partial charge in [-0.15, -0.1) is 0 Å². The van der Waals surface area contributed by atoms with Crippen molar-refractivity contribution < 1.29 is 9.59 Å². The van der Waals surface area contributed by atoms with Crippen molar-refractivity contribution in [2.24, 2.45) is 0 Å². The van der Waals surface area contributed by atoms with E-state index in [2.05, 4.69) is 11.8 Å². The maximum absolute atomic E-state index is 11.9. The molecule has 0 saturated heterocycles. The number of Topliss-reactive ketones (excluding diaryl/α,β-unsaturated/α-hetero) is 2. The van der Waals surface area contributed by atoms with Crippen molar-refractivity contribution in [2.75, 3.05) is 0 Å². The fourth-order valence-corrected chi connectivity index (χ4v) is 2.08. The Morgan fingerprint density at radius 2 is 1.77 bits per heavy atom. The summed E-state index contributed by atoms with van der Waals surface area (Å²) in [4.78, 5) is 23.7. The molecule has 0 spiro atoms. The number of carbonyl (C=O) groups excluding carboxylic acids is 2. The molecule has 2 heteroatoms. The molecule has 0 fully saturated rings. The molecule has 110 valence electrons. The lowest BCUT2D eigenvalue weighted by atomic mass is 10.0. The number of benzene rings is 2. The van der Waals surface area contributed by atoms with Gasteiger partial charge in [0.2, 0.25) is 0 Å². The van der Waals surface area contributed by atoms with Crippen LogP contribution in [-0.2, 0) is 4.79 Å². The molecule has 0 N–H and O–H groups in total. The summed E-state index contributed by atoms with van der Waals surface area (Å²) in [7, 11) is 0. The predicted molar refractivity (Wildman–Crippen MR) is 87.7 cm³/mol. The summed E-state index contributed by atoms with van der Waals surface area (Å²) >= 11 is 0. The van der Waals surface area contributed by atoms with Crippen LogP contribution in [0.2, 0.25) is 0 Å². The number of hydrogen-bond donors (Lipinski definition) is 0. The van der Waals surface area contributed by atoms with Gasteiger partial charge in [0.1, 0.15) is 5.78 Å².